The summed E-state index contributed by atoms with van der Waals surface area (Å²) < 4.78 is 0. The van der Waals surface area contributed by atoms with E-state index in [0.717, 1.165) is 6.20 Å². The molecule has 1 aromatic rings. The molecular formula is C6H5N5O2. The van der Waals surface area contributed by atoms with Crippen molar-refractivity contribution in [3.05, 3.63) is 44.6 Å². The van der Waals surface area contributed by atoms with Crippen molar-refractivity contribution in [1.29, 1.82) is 0 Å². The Labute approximate surface area is 72.8 Å². The first-order valence-corrected chi connectivity index (χ1v) is 3.34. The summed E-state index contributed by atoms with van der Waals surface area (Å²) in [4.78, 5) is 15.9. The number of pyridine rings is 1. The Morgan fingerprint density at radius 1 is 1.69 bits per heavy atom. The van der Waals surface area contributed by atoms with Crippen LogP contribution in [0.15, 0.2) is 23.4 Å². The van der Waals surface area contributed by atoms with Gasteiger partial charge >= 0.3 is 0 Å². The van der Waals surface area contributed by atoms with Crippen molar-refractivity contribution < 1.29 is 4.92 Å². The van der Waals surface area contributed by atoms with E-state index in [0.29, 0.717) is 5.69 Å². The van der Waals surface area contributed by atoms with E-state index in [2.05, 4.69) is 15.0 Å². The second-order valence-corrected chi connectivity index (χ2v) is 2.15. The van der Waals surface area contributed by atoms with Gasteiger partial charge in [0.2, 0.25) is 0 Å². The average molecular weight is 179 g/mol. The maximum Gasteiger partial charge on any atom is 0.287 e. The number of nitro groups is 1. The molecule has 7 nitrogen and oxygen atoms in total. The molecule has 1 heterocycles. The Kier molecular flexibility index (Phi) is 2.77. The molecule has 0 aliphatic carbocycles. The molecule has 0 saturated carbocycles. The largest absolute Gasteiger partial charge is 0.287 e. The molecule has 0 saturated heterocycles. The monoisotopic (exact) mass is 179 g/mol. The number of azide groups is 1. The van der Waals surface area contributed by atoms with Crippen LogP contribution in [0.1, 0.15) is 5.69 Å². The summed E-state index contributed by atoms with van der Waals surface area (Å²) in [6, 6.07) is 2.77. The highest BCUT2D eigenvalue weighted by molar-refractivity contribution is 5.26. The van der Waals surface area contributed by atoms with Crippen molar-refractivity contribution in [2.45, 2.75) is 6.54 Å². The van der Waals surface area contributed by atoms with Crippen molar-refractivity contribution in [3.63, 3.8) is 0 Å². The van der Waals surface area contributed by atoms with E-state index in [9.17, 15) is 10.1 Å². The molecule has 1 rings (SSSR count). The van der Waals surface area contributed by atoms with Crippen LogP contribution < -0.4 is 0 Å². The van der Waals surface area contributed by atoms with E-state index >= 15 is 0 Å². The molecular weight excluding hydrogens is 174 g/mol. The third-order valence-corrected chi connectivity index (χ3v) is 1.32. The Morgan fingerprint density at radius 2 is 2.46 bits per heavy atom. The predicted octanol–water partition coefficient (Wildman–Crippen LogP) is 1.80. The van der Waals surface area contributed by atoms with Crippen LogP contribution in [0.25, 0.3) is 10.4 Å². The summed E-state index contributed by atoms with van der Waals surface area (Å²) in [5, 5.41) is 13.5. The molecule has 1 aromatic heterocycles. The molecule has 0 atom stereocenters. The fourth-order valence-corrected chi connectivity index (χ4v) is 0.722. The summed E-state index contributed by atoms with van der Waals surface area (Å²) in [6.07, 6.45) is 1.13. The topological polar surface area (TPSA) is 105 Å². The zero-order valence-electron chi connectivity index (χ0n) is 6.49. The molecule has 0 bridgehead atoms. The van der Waals surface area contributed by atoms with E-state index < -0.39 is 4.92 Å². The molecule has 0 radical (unpaired) electrons. The van der Waals surface area contributed by atoms with Crippen LogP contribution >= 0.6 is 0 Å². The molecule has 13 heavy (non-hydrogen) atoms. The van der Waals surface area contributed by atoms with Crippen molar-refractivity contribution in [2.75, 3.05) is 0 Å². The van der Waals surface area contributed by atoms with E-state index in [-0.39, 0.29) is 12.2 Å². The van der Waals surface area contributed by atoms with Gasteiger partial charge in [-0.1, -0.05) is 5.11 Å². The van der Waals surface area contributed by atoms with Gasteiger partial charge in [0, 0.05) is 16.7 Å². The second-order valence-electron chi connectivity index (χ2n) is 2.15. The van der Waals surface area contributed by atoms with E-state index in [4.69, 9.17) is 5.53 Å². The van der Waals surface area contributed by atoms with Crippen LogP contribution in [0.5, 0.6) is 0 Å². The maximum atomic E-state index is 10.2. The van der Waals surface area contributed by atoms with Gasteiger partial charge in [0.25, 0.3) is 5.69 Å². The van der Waals surface area contributed by atoms with Gasteiger partial charge < -0.3 is 0 Å². The Hall–Kier alpha value is -2.14. The summed E-state index contributed by atoms with van der Waals surface area (Å²) in [5.41, 5.74) is 8.42. The minimum absolute atomic E-state index is 0.0790. The van der Waals surface area contributed by atoms with Crippen LogP contribution in [0.3, 0.4) is 0 Å². The molecule has 66 valence electrons. The maximum absolute atomic E-state index is 10.2. The summed E-state index contributed by atoms with van der Waals surface area (Å²) >= 11 is 0. The minimum Gasteiger partial charge on any atom is -0.258 e. The van der Waals surface area contributed by atoms with Gasteiger partial charge in [-0.2, -0.15) is 0 Å². The zero-order chi connectivity index (χ0) is 9.68. The van der Waals surface area contributed by atoms with E-state index in [1.165, 1.54) is 12.1 Å². The number of rotatable bonds is 3. The van der Waals surface area contributed by atoms with Gasteiger partial charge in [-0.3, -0.25) is 15.1 Å². The van der Waals surface area contributed by atoms with Gasteiger partial charge in [-0.15, -0.1) is 0 Å². The van der Waals surface area contributed by atoms with Crippen LogP contribution in [0.2, 0.25) is 0 Å². The van der Waals surface area contributed by atoms with Crippen LogP contribution in [0, 0.1) is 10.1 Å². The van der Waals surface area contributed by atoms with Crippen molar-refractivity contribution >= 4 is 5.69 Å². The minimum atomic E-state index is -0.537. The van der Waals surface area contributed by atoms with E-state index in [1.807, 2.05) is 0 Å². The fraction of sp³-hybridized carbons (Fsp3) is 0.167. The normalized spacial score (nSPS) is 8.92. The fourth-order valence-electron chi connectivity index (χ4n) is 0.722. The third-order valence-electron chi connectivity index (χ3n) is 1.32. The van der Waals surface area contributed by atoms with Gasteiger partial charge in [0.15, 0.2) is 0 Å². The SMILES string of the molecule is [N-]=[N+]=NCc1ccc([N+](=O)[O-])cn1. The lowest BCUT2D eigenvalue weighted by Gasteiger charge is -1.93. The summed E-state index contributed by atoms with van der Waals surface area (Å²) in [5.74, 6) is 0. The van der Waals surface area contributed by atoms with Crippen LogP contribution in [-0.2, 0) is 6.54 Å². The van der Waals surface area contributed by atoms with Crippen LogP contribution in [-0.4, -0.2) is 9.91 Å². The van der Waals surface area contributed by atoms with Crippen molar-refractivity contribution in [1.82, 2.24) is 4.98 Å². The van der Waals surface area contributed by atoms with Gasteiger partial charge in [0.05, 0.1) is 11.5 Å². The van der Waals surface area contributed by atoms with Gasteiger partial charge in [-0.25, -0.2) is 0 Å². The number of hydrogen-bond donors (Lipinski definition) is 0. The number of aromatic nitrogens is 1. The first-order chi connectivity index (χ1) is 6.24. The first kappa shape index (κ1) is 8.95. The average Bonchev–Trinajstić information content (AvgIpc) is 2.15. The highest BCUT2D eigenvalue weighted by Crippen LogP contribution is 2.09. The number of hydrogen-bond acceptors (Lipinski definition) is 4. The quantitative estimate of drug-likeness (QED) is 0.232. The standard InChI is InChI=1S/C6H5N5O2/c7-10-9-3-5-1-2-6(4-8-5)11(12)13/h1-2,4H,3H2. The molecule has 0 aliphatic heterocycles. The van der Waals surface area contributed by atoms with Gasteiger partial charge in [0.1, 0.15) is 6.20 Å². The van der Waals surface area contributed by atoms with E-state index in [1.54, 1.807) is 0 Å². The summed E-state index contributed by atoms with van der Waals surface area (Å²) in [7, 11) is 0. The predicted molar refractivity (Wildman–Crippen MR) is 43.7 cm³/mol. The Morgan fingerprint density at radius 3 is 2.92 bits per heavy atom. The highest BCUT2D eigenvalue weighted by atomic mass is 16.6. The molecule has 0 spiro atoms. The first-order valence-electron chi connectivity index (χ1n) is 3.34. The lowest BCUT2D eigenvalue weighted by Crippen LogP contribution is -1.91. The Bertz CT molecular complexity index is 354. The van der Waals surface area contributed by atoms with Crippen molar-refractivity contribution in [3.8, 4) is 0 Å². The Balaban J connectivity index is 2.80. The lowest BCUT2D eigenvalue weighted by atomic mass is 10.3. The molecule has 0 fully saturated rings. The molecule has 0 aromatic carbocycles. The van der Waals surface area contributed by atoms with Gasteiger partial charge in [-0.05, 0) is 11.6 Å². The third kappa shape index (κ3) is 2.42. The zero-order valence-corrected chi connectivity index (χ0v) is 6.49. The lowest BCUT2D eigenvalue weighted by molar-refractivity contribution is -0.385. The smallest absolute Gasteiger partial charge is 0.258 e. The molecule has 7 heteroatoms. The molecule has 0 N–H and O–H groups in total. The second kappa shape index (κ2) is 4.03. The van der Waals surface area contributed by atoms with Crippen LogP contribution in [0.4, 0.5) is 5.69 Å². The molecule has 0 aliphatic rings. The molecule has 0 amide bonds. The number of nitrogens with zero attached hydrogens (tertiary/aromatic N) is 5. The summed E-state index contributed by atoms with van der Waals surface area (Å²) in [6.45, 7) is 0.106. The highest BCUT2D eigenvalue weighted by Gasteiger charge is 2.03. The van der Waals surface area contributed by atoms with Crippen molar-refractivity contribution in [2.24, 2.45) is 5.11 Å². The molecule has 0 unspecified atom stereocenters.